The van der Waals surface area contributed by atoms with E-state index in [-0.39, 0.29) is 6.10 Å². The normalized spacial score (nSPS) is 18.9. The molecule has 0 saturated carbocycles. The Kier molecular flexibility index (Phi) is 4.40. The lowest BCUT2D eigenvalue weighted by atomic mass is 9.93. The van der Waals surface area contributed by atoms with Crippen molar-refractivity contribution in [3.05, 3.63) is 29.8 Å². The number of aryl methyl sites for hydroxylation is 1. The molecule has 1 aromatic rings. The molecule has 1 aliphatic rings. The second-order valence-corrected chi connectivity index (χ2v) is 4.73. The minimum atomic E-state index is -0.350. The standard InChI is InChI=1S/C14H21NO2/c1-11-4-2-3-5-14(11)17-10-13(16)12-6-8-15-9-7-12/h2-5,12-13,15-16H,6-10H2,1H3. The summed E-state index contributed by atoms with van der Waals surface area (Å²) in [5.41, 5.74) is 1.12. The van der Waals surface area contributed by atoms with Gasteiger partial charge in [-0.3, -0.25) is 0 Å². The van der Waals surface area contributed by atoms with E-state index in [9.17, 15) is 5.11 Å². The van der Waals surface area contributed by atoms with Gasteiger partial charge in [-0.1, -0.05) is 18.2 Å². The molecule has 2 N–H and O–H groups in total. The van der Waals surface area contributed by atoms with Crippen molar-refractivity contribution in [2.45, 2.75) is 25.9 Å². The molecule has 1 aromatic carbocycles. The van der Waals surface area contributed by atoms with Crippen LogP contribution in [0.1, 0.15) is 18.4 Å². The van der Waals surface area contributed by atoms with Crippen molar-refractivity contribution in [3.8, 4) is 5.75 Å². The SMILES string of the molecule is Cc1ccccc1OCC(O)C1CCNCC1. The van der Waals surface area contributed by atoms with Crippen molar-refractivity contribution in [2.75, 3.05) is 19.7 Å². The van der Waals surface area contributed by atoms with E-state index in [0.29, 0.717) is 12.5 Å². The summed E-state index contributed by atoms with van der Waals surface area (Å²) in [7, 11) is 0. The van der Waals surface area contributed by atoms with Gasteiger partial charge >= 0.3 is 0 Å². The quantitative estimate of drug-likeness (QED) is 0.835. The van der Waals surface area contributed by atoms with Crippen LogP contribution in [-0.2, 0) is 0 Å². The van der Waals surface area contributed by atoms with Crippen molar-refractivity contribution in [3.63, 3.8) is 0 Å². The van der Waals surface area contributed by atoms with Crippen molar-refractivity contribution in [1.29, 1.82) is 0 Å². The van der Waals surface area contributed by atoms with Crippen LogP contribution in [-0.4, -0.2) is 30.9 Å². The van der Waals surface area contributed by atoms with Crippen LogP contribution in [0.4, 0.5) is 0 Å². The third kappa shape index (κ3) is 3.45. The van der Waals surface area contributed by atoms with Gasteiger partial charge in [0.1, 0.15) is 12.4 Å². The van der Waals surface area contributed by atoms with Crippen LogP contribution >= 0.6 is 0 Å². The molecule has 0 aliphatic carbocycles. The van der Waals surface area contributed by atoms with E-state index in [1.165, 1.54) is 0 Å². The first kappa shape index (κ1) is 12.4. The van der Waals surface area contributed by atoms with Crippen molar-refractivity contribution in [1.82, 2.24) is 5.32 Å². The molecular weight excluding hydrogens is 214 g/mol. The smallest absolute Gasteiger partial charge is 0.122 e. The molecule has 1 unspecified atom stereocenters. The van der Waals surface area contributed by atoms with Gasteiger partial charge in [0, 0.05) is 0 Å². The molecule has 1 aliphatic heterocycles. The maximum absolute atomic E-state index is 10.1. The second kappa shape index (κ2) is 6.03. The van der Waals surface area contributed by atoms with Crippen LogP contribution < -0.4 is 10.1 Å². The average molecular weight is 235 g/mol. The van der Waals surface area contributed by atoms with Gasteiger partial charge in [0.25, 0.3) is 0 Å². The van der Waals surface area contributed by atoms with Crippen LogP contribution in [0.3, 0.4) is 0 Å². The first-order chi connectivity index (χ1) is 8.27. The number of piperidine rings is 1. The summed E-state index contributed by atoms with van der Waals surface area (Å²) in [6.07, 6.45) is 1.73. The lowest BCUT2D eigenvalue weighted by Gasteiger charge is -2.27. The van der Waals surface area contributed by atoms with E-state index in [4.69, 9.17) is 4.74 Å². The Morgan fingerprint density at radius 2 is 2.06 bits per heavy atom. The van der Waals surface area contributed by atoms with Gasteiger partial charge in [-0.15, -0.1) is 0 Å². The zero-order valence-electron chi connectivity index (χ0n) is 10.4. The minimum Gasteiger partial charge on any atom is -0.491 e. The first-order valence-electron chi connectivity index (χ1n) is 6.34. The zero-order chi connectivity index (χ0) is 12.1. The molecule has 17 heavy (non-hydrogen) atoms. The highest BCUT2D eigenvalue weighted by Crippen LogP contribution is 2.20. The van der Waals surface area contributed by atoms with E-state index >= 15 is 0 Å². The fourth-order valence-electron chi connectivity index (χ4n) is 2.26. The number of rotatable bonds is 4. The van der Waals surface area contributed by atoms with E-state index in [1.54, 1.807) is 0 Å². The molecule has 1 atom stereocenters. The number of ether oxygens (including phenoxy) is 1. The van der Waals surface area contributed by atoms with Crippen molar-refractivity contribution < 1.29 is 9.84 Å². The second-order valence-electron chi connectivity index (χ2n) is 4.73. The molecule has 0 spiro atoms. The summed E-state index contributed by atoms with van der Waals surface area (Å²) in [6.45, 7) is 4.43. The summed E-state index contributed by atoms with van der Waals surface area (Å²) >= 11 is 0. The van der Waals surface area contributed by atoms with E-state index in [2.05, 4.69) is 5.32 Å². The highest BCUT2D eigenvalue weighted by atomic mass is 16.5. The summed E-state index contributed by atoms with van der Waals surface area (Å²) in [5, 5.41) is 13.4. The third-order valence-corrected chi connectivity index (χ3v) is 3.43. The molecule has 3 heteroatoms. The molecule has 3 nitrogen and oxygen atoms in total. The Morgan fingerprint density at radius 3 is 2.76 bits per heavy atom. The van der Waals surface area contributed by atoms with Gasteiger partial charge in [0.05, 0.1) is 6.10 Å². The van der Waals surface area contributed by atoms with Gasteiger partial charge < -0.3 is 15.2 Å². The fourth-order valence-corrected chi connectivity index (χ4v) is 2.26. The highest BCUT2D eigenvalue weighted by molar-refractivity contribution is 5.31. The van der Waals surface area contributed by atoms with Crippen molar-refractivity contribution >= 4 is 0 Å². The van der Waals surface area contributed by atoms with Gasteiger partial charge in [0.15, 0.2) is 0 Å². The highest BCUT2D eigenvalue weighted by Gasteiger charge is 2.21. The van der Waals surface area contributed by atoms with E-state index in [1.807, 2.05) is 31.2 Å². The number of hydrogen-bond acceptors (Lipinski definition) is 3. The number of para-hydroxylation sites is 1. The maximum Gasteiger partial charge on any atom is 0.122 e. The van der Waals surface area contributed by atoms with Gasteiger partial charge in [0.2, 0.25) is 0 Å². The van der Waals surface area contributed by atoms with E-state index < -0.39 is 0 Å². The largest absolute Gasteiger partial charge is 0.491 e. The predicted octanol–water partition coefficient (Wildman–Crippen LogP) is 1.73. The van der Waals surface area contributed by atoms with Crippen LogP contribution in [0, 0.1) is 12.8 Å². The minimum absolute atomic E-state index is 0.350. The summed E-state index contributed by atoms with van der Waals surface area (Å²) in [4.78, 5) is 0. The predicted molar refractivity (Wildman–Crippen MR) is 68.3 cm³/mol. The van der Waals surface area contributed by atoms with Gasteiger partial charge in [-0.25, -0.2) is 0 Å². The van der Waals surface area contributed by atoms with Crippen molar-refractivity contribution in [2.24, 2.45) is 5.92 Å². The summed E-state index contributed by atoms with van der Waals surface area (Å²) in [5.74, 6) is 1.25. The van der Waals surface area contributed by atoms with Crippen LogP contribution in [0.15, 0.2) is 24.3 Å². The topological polar surface area (TPSA) is 41.5 Å². The fraction of sp³-hybridized carbons (Fsp3) is 0.571. The van der Waals surface area contributed by atoms with Crippen LogP contribution in [0.2, 0.25) is 0 Å². The molecule has 1 saturated heterocycles. The first-order valence-corrected chi connectivity index (χ1v) is 6.34. The summed E-state index contributed by atoms with van der Waals surface area (Å²) < 4.78 is 5.68. The number of aliphatic hydroxyl groups is 1. The molecule has 0 bridgehead atoms. The molecular formula is C14H21NO2. The Labute approximate surface area is 103 Å². The van der Waals surface area contributed by atoms with Gasteiger partial charge in [-0.2, -0.15) is 0 Å². The number of nitrogens with one attached hydrogen (secondary N) is 1. The Balaban J connectivity index is 1.83. The van der Waals surface area contributed by atoms with Crippen LogP contribution in [0.5, 0.6) is 5.75 Å². The molecule has 1 fully saturated rings. The zero-order valence-corrected chi connectivity index (χ0v) is 10.4. The number of hydrogen-bond donors (Lipinski definition) is 2. The monoisotopic (exact) mass is 235 g/mol. The Morgan fingerprint density at radius 1 is 1.35 bits per heavy atom. The lowest BCUT2D eigenvalue weighted by molar-refractivity contribution is 0.0440. The third-order valence-electron chi connectivity index (χ3n) is 3.43. The number of benzene rings is 1. The lowest BCUT2D eigenvalue weighted by Crippen LogP contribution is -2.36. The Hall–Kier alpha value is -1.06. The van der Waals surface area contributed by atoms with Crippen LogP contribution in [0.25, 0.3) is 0 Å². The van der Waals surface area contributed by atoms with E-state index in [0.717, 1.165) is 37.2 Å². The number of aliphatic hydroxyl groups excluding tert-OH is 1. The Bertz CT molecular complexity index is 348. The molecule has 0 amide bonds. The molecule has 94 valence electrons. The van der Waals surface area contributed by atoms with Gasteiger partial charge in [-0.05, 0) is 50.4 Å². The summed E-state index contributed by atoms with van der Waals surface area (Å²) in [6, 6.07) is 7.92. The molecule has 0 radical (unpaired) electrons. The molecule has 2 rings (SSSR count). The average Bonchev–Trinajstić information content (AvgIpc) is 2.38. The molecule has 1 heterocycles. The molecule has 0 aromatic heterocycles. The maximum atomic E-state index is 10.1.